The molecule has 2 aliphatic rings. The molecule has 3 unspecified atom stereocenters. The van der Waals surface area contributed by atoms with Crippen LogP contribution in [0.2, 0.25) is 5.02 Å². The maximum Gasteiger partial charge on any atom is 0.134 e. The van der Waals surface area contributed by atoms with E-state index in [4.69, 9.17) is 21.8 Å². The highest BCUT2D eigenvalue weighted by atomic mass is 35.5. The summed E-state index contributed by atoms with van der Waals surface area (Å²) in [6, 6.07) is 9.19. The Kier molecular flexibility index (Phi) is 3.25. The van der Waals surface area contributed by atoms with Crippen LogP contribution in [-0.2, 0) is 0 Å². The van der Waals surface area contributed by atoms with E-state index in [9.17, 15) is 0 Å². The third kappa shape index (κ3) is 2.28. The van der Waals surface area contributed by atoms with Crippen molar-refractivity contribution in [1.29, 1.82) is 0 Å². The summed E-state index contributed by atoms with van der Waals surface area (Å²) in [4.78, 5) is 2.54. The zero-order chi connectivity index (χ0) is 14.6. The molecule has 2 aromatic rings. The van der Waals surface area contributed by atoms with Crippen LogP contribution in [0.1, 0.15) is 37.5 Å². The van der Waals surface area contributed by atoms with Crippen molar-refractivity contribution >= 4 is 22.6 Å². The van der Waals surface area contributed by atoms with E-state index in [1.807, 2.05) is 18.2 Å². The van der Waals surface area contributed by atoms with Gasteiger partial charge in [0.15, 0.2) is 0 Å². The molecule has 0 saturated carbocycles. The van der Waals surface area contributed by atoms with Crippen molar-refractivity contribution in [2.75, 3.05) is 7.05 Å². The van der Waals surface area contributed by atoms with Gasteiger partial charge in [-0.15, -0.1) is 0 Å². The molecule has 2 saturated heterocycles. The minimum Gasteiger partial charge on any atom is -0.459 e. The first kappa shape index (κ1) is 13.6. The number of nitrogens with zero attached hydrogens (tertiary/aromatic N) is 1. The van der Waals surface area contributed by atoms with Crippen molar-refractivity contribution in [1.82, 2.24) is 4.90 Å². The van der Waals surface area contributed by atoms with E-state index in [0.717, 1.165) is 21.8 Å². The Morgan fingerprint density at radius 1 is 1.24 bits per heavy atom. The lowest BCUT2D eigenvalue weighted by molar-refractivity contribution is 0.116. The Labute approximate surface area is 130 Å². The second kappa shape index (κ2) is 5.01. The van der Waals surface area contributed by atoms with Gasteiger partial charge in [-0.3, -0.25) is 0 Å². The zero-order valence-corrected chi connectivity index (χ0v) is 13.0. The molecule has 0 radical (unpaired) electrons. The van der Waals surface area contributed by atoms with Crippen LogP contribution in [0.4, 0.5) is 0 Å². The lowest BCUT2D eigenvalue weighted by Gasteiger charge is -2.38. The summed E-state index contributed by atoms with van der Waals surface area (Å²) in [7, 11) is 2.26. The SMILES string of the molecule is CN1C2CCC1CC(C(N)c1cc3cc(Cl)ccc3o1)C2. The average molecular weight is 305 g/mol. The van der Waals surface area contributed by atoms with Crippen LogP contribution in [0.5, 0.6) is 0 Å². The molecule has 1 aromatic heterocycles. The van der Waals surface area contributed by atoms with Gasteiger partial charge in [0.05, 0.1) is 6.04 Å². The molecule has 21 heavy (non-hydrogen) atoms. The Balaban J connectivity index is 1.60. The van der Waals surface area contributed by atoms with Gasteiger partial charge in [-0.1, -0.05) is 11.6 Å². The number of hydrogen-bond acceptors (Lipinski definition) is 3. The second-order valence-electron chi connectivity index (χ2n) is 6.64. The summed E-state index contributed by atoms with van der Waals surface area (Å²) in [6.45, 7) is 0. The first-order valence-electron chi connectivity index (χ1n) is 7.78. The number of halogens is 1. The van der Waals surface area contributed by atoms with Crippen LogP contribution in [0.3, 0.4) is 0 Å². The first-order valence-corrected chi connectivity index (χ1v) is 8.16. The Morgan fingerprint density at radius 3 is 2.67 bits per heavy atom. The van der Waals surface area contributed by atoms with Crippen LogP contribution in [-0.4, -0.2) is 24.0 Å². The smallest absolute Gasteiger partial charge is 0.134 e. The molecule has 1 aromatic carbocycles. The van der Waals surface area contributed by atoms with Crippen molar-refractivity contribution in [2.45, 2.75) is 43.8 Å². The van der Waals surface area contributed by atoms with E-state index in [0.29, 0.717) is 18.0 Å². The molecule has 2 N–H and O–H groups in total. The Hall–Kier alpha value is -1.03. The predicted molar refractivity (Wildman–Crippen MR) is 85.4 cm³/mol. The molecule has 0 aliphatic carbocycles. The predicted octanol–water partition coefficient (Wildman–Crippen LogP) is 3.96. The summed E-state index contributed by atoms with van der Waals surface area (Å²) >= 11 is 6.04. The summed E-state index contributed by atoms with van der Waals surface area (Å²) in [5.74, 6) is 1.43. The Bertz CT molecular complexity index is 654. The van der Waals surface area contributed by atoms with Gasteiger partial charge in [0.2, 0.25) is 0 Å². The molecule has 4 rings (SSSR count). The fraction of sp³-hybridized carbons (Fsp3) is 0.529. The molecule has 3 atom stereocenters. The van der Waals surface area contributed by atoms with Crippen LogP contribution in [0, 0.1) is 5.92 Å². The quantitative estimate of drug-likeness (QED) is 0.913. The standard InChI is InChI=1S/C17H21ClN2O/c1-20-13-3-4-14(20)8-11(7-13)17(19)16-9-10-6-12(18)2-5-15(10)21-16/h2,5-6,9,11,13-14,17H,3-4,7-8,19H2,1H3. The van der Waals surface area contributed by atoms with E-state index in [2.05, 4.69) is 18.0 Å². The van der Waals surface area contributed by atoms with Gasteiger partial charge in [-0.05, 0) is 62.9 Å². The molecule has 0 spiro atoms. The normalized spacial score (nSPS) is 30.9. The third-order valence-electron chi connectivity index (χ3n) is 5.47. The summed E-state index contributed by atoms with van der Waals surface area (Å²) in [6.07, 6.45) is 5.01. The fourth-order valence-electron chi connectivity index (χ4n) is 4.18. The summed E-state index contributed by atoms with van der Waals surface area (Å²) in [5.41, 5.74) is 7.40. The molecule has 2 bridgehead atoms. The van der Waals surface area contributed by atoms with Gasteiger partial charge < -0.3 is 15.1 Å². The zero-order valence-electron chi connectivity index (χ0n) is 12.3. The minimum absolute atomic E-state index is 0.00650. The Morgan fingerprint density at radius 2 is 1.95 bits per heavy atom. The summed E-state index contributed by atoms with van der Waals surface area (Å²) in [5, 5.41) is 1.78. The maximum absolute atomic E-state index is 6.52. The largest absolute Gasteiger partial charge is 0.459 e. The van der Waals surface area contributed by atoms with E-state index in [1.54, 1.807) is 0 Å². The van der Waals surface area contributed by atoms with E-state index >= 15 is 0 Å². The van der Waals surface area contributed by atoms with Crippen LogP contribution in [0.15, 0.2) is 28.7 Å². The highest BCUT2D eigenvalue weighted by molar-refractivity contribution is 6.31. The molecule has 0 amide bonds. The van der Waals surface area contributed by atoms with Crippen molar-refractivity contribution in [2.24, 2.45) is 11.7 Å². The number of fused-ring (bicyclic) bond motifs is 3. The molecule has 2 fully saturated rings. The van der Waals surface area contributed by atoms with Crippen LogP contribution >= 0.6 is 11.6 Å². The number of piperidine rings is 1. The molecular formula is C17H21ClN2O. The van der Waals surface area contributed by atoms with Crippen LogP contribution in [0.25, 0.3) is 11.0 Å². The van der Waals surface area contributed by atoms with E-state index in [1.165, 1.54) is 25.7 Å². The van der Waals surface area contributed by atoms with Gasteiger partial charge in [0.1, 0.15) is 11.3 Å². The lowest BCUT2D eigenvalue weighted by Crippen LogP contribution is -2.42. The monoisotopic (exact) mass is 304 g/mol. The van der Waals surface area contributed by atoms with Gasteiger partial charge in [-0.2, -0.15) is 0 Å². The minimum atomic E-state index is -0.00650. The number of nitrogens with two attached hydrogens (primary N) is 1. The third-order valence-corrected chi connectivity index (χ3v) is 5.70. The van der Waals surface area contributed by atoms with Crippen LogP contribution < -0.4 is 5.73 Å². The van der Waals surface area contributed by atoms with Gasteiger partial charge >= 0.3 is 0 Å². The molecular weight excluding hydrogens is 284 g/mol. The van der Waals surface area contributed by atoms with E-state index < -0.39 is 0 Å². The topological polar surface area (TPSA) is 42.4 Å². The van der Waals surface area contributed by atoms with Gasteiger partial charge in [0, 0.05) is 22.5 Å². The summed E-state index contributed by atoms with van der Waals surface area (Å²) < 4.78 is 5.96. The number of benzene rings is 1. The molecule has 4 heteroatoms. The number of hydrogen-bond donors (Lipinski definition) is 1. The highest BCUT2D eigenvalue weighted by Crippen LogP contribution is 2.42. The lowest BCUT2D eigenvalue weighted by atomic mass is 9.84. The van der Waals surface area contributed by atoms with Gasteiger partial charge in [-0.25, -0.2) is 0 Å². The van der Waals surface area contributed by atoms with Crippen molar-refractivity contribution in [3.63, 3.8) is 0 Å². The molecule has 112 valence electrons. The van der Waals surface area contributed by atoms with Crippen molar-refractivity contribution in [3.05, 3.63) is 35.0 Å². The molecule has 3 nitrogen and oxygen atoms in total. The number of rotatable bonds is 2. The average Bonchev–Trinajstić information content (AvgIpc) is 2.94. The fourth-order valence-corrected chi connectivity index (χ4v) is 4.36. The van der Waals surface area contributed by atoms with Crippen molar-refractivity contribution in [3.8, 4) is 0 Å². The van der Waals surface area contributed by atoms with Gasteiger partial charge in [0.25, 0.3) is 0 Å². The molecule has 2 aliphatic heterocycles. The number of furan rings is 1. The first-order chi connectivity index (χ1) is 10.1. The van der Waals surface area contributed by atoms with E-state index in [-0.39, 0.29) is 6.04 Å². The molecule has 3 heterocycles. The highest BCUT2D eigenvalue weighted by Gasteiger charge is 2.41. The maximum atomic E-state index is 6.52. The van der Waals surface area contributed by atoms with Crippen molar-refractivity contribution < 1.29 is 4.42 Å². The second-order valence-corrected chi connectivity index (χ2v) is 7.08.